The van der Waals surface area contributed by atoms with Crippen molar-refractivity contribution in [2.24, 2.45) is 10.9 Å². The number of imidazole rings is 1. The van der Waals surface area contributed by atoms with E-state index in [9.17, 15) is 4.79 Å². The first-order chi connectivity index (χ1) is 14.1. The van der Waals surface area contributed by atoms with Crippen LogP contribution in [0.15, 0.2) is 41.9 Å². The molecule has 0 saturated carbocycles. The van der Waals surface area contributed by atoms with Crippen LogP contribution >= 0.6 is 0 Å². The predicted molar refractivity (Wildman–Crippen MR) is 111 cm³/mol. The zero-order chi connectivity index (χ0) is 20.8. The first-order valence-corrected chi connectivity index (χ1v) is 9.75. The molecule has 1 aliphatic heterocycles. The van der Waals surface area contributed by atoms with Crippen LogP contribution in [-0.2, 0) is 11.3 Å². The van der Waals surface area contributed by atoms with E-state index < -0.39 is 5.97 Å². The smallest absolute Gasteiger partial charge is 0.341 e. The topological polar surface area (TPSA) is 81.0 Å². The molecule has 1 aromatic heterocycles. The summed E-state index contributed by atoms with van der Waals surface area (Å²) < 4.78 is 12.3. The molecular formula is C21H29N5O3. The number of benzene rings is 1. The Morgan fingerprint density at radius 1 is 1.38 bits per heavy atom. The Labute approximate surface area is 171 Å². The number of aliphatic imine (C=N–C) groups is 1. The van der Waals surface area contributed by atoms with Gasteiger partial charge in [-0.25, -0.2) is 9.78 Å². The summed E-state index contributed by atoms with van der Waals surface area (Å²) >= 11 is 0. The van der Waals surface area contributed by atoms with E-state index in [1.165, 1.54) is 7.11 Å². The molecule has 1 N–H and O–H groups in total. The number of methoxy groups -OCH3 is 2. The molecule has 1 aliphatic rings. The van der Waals surface area contributed by atoms with Crippen LogP contribution in [0.2, 0.25) is 0 Å². The number of likely N-dealkylation sites (tertiary alicyclic amines) is 1. The fourth-order valence-corrected chi connectivity index (χ4v) is 3.73. The second-order valence-corrected chi connectivity index (χ2v) is 7.22. The summed E-state index contributed by atoms with van der Waals surface area (Å²) in [6, 6.07) is 5.83. The predicted octanol–water partition coefficient (Wildman–Crippen LogP) is 2.34. The van der Waals surface area contributed by atoms with Gasteiger partial charge in [0, 0.05) is 39.1 Å². The van der Waals surface area contributed by atoms with Crippen LogP contribution in [-0.4, -0.2) is 60.7 Å². The molecule has 29 heavy (non-hydrogen) atoms. The molecule has 2 heterocycles. The Bertz CT molecular complexity index is 850. The van der Waals surface area contributed by atoms with Gasteiger partial charge >= 0.3 is 5.97 Å². The number of piperidine rings is 1. The monoisotopic (exact) mass is 399 g/mol. The number of rotatable bonds is 5. The lowest BCUT2D eigenvalue weighted by molar-refractivity contribution is 0.0597. The van der Waals surface area contributed by atoms with Gasteiger partial charge in [-0.05, 0) is 30.0 Å². The van der Waals surface area contributed by atoms with Crippen LogP contribution < -0.4 is 10.1 Å². The van der Waals surface area contributed by atoms with Crippen LogP contribution in [0.5, 0.6) is 5.75 Å². The summed E-state index contributed by atoms with van der Waals surface area (Å²) in [6.45, 7) is 4.69. The van der Waals surface area contributed by atoms with Gasteiger partial charge < -0.3 is 24.3 Å². The van der Waals surface area contributed by atoms with Crippen molar-refractivity contribution < 1.29 is 14.3 Å². The van der Waals surface area contributed by atoms with E-state index >= 15 is 0 Å². The van der Waals surface area contributed by atoms with Crippen molar-refractivity contribution in [3.63, 3.8) is 0 Å². The fraction of sp³-hybridized carbons (Fsp3) is 0.476. The number of carbonyl (C=O) groups excluding carboxylic acids is 1. The highest BCUT2D eigenvalue weighted by Crippen LogP contribution is 2.27. The molecule has 0 radical (unpaired) electrons. The Morgan fingerprint density at radius 2 is 2.21 bits per heavy atom. The van der Waals surface area contributed by atoms with Gasteiger partial charge in [0.2, 0.25) is 0 Å². The molecule has 1 saturated heterocycles. The zero-order valence-corrected chi connectivity index (χ0v) is 17.5. The first kappa shape index (κ1) is 20.7. The third kappa shape index (κ3) is 4.70. The van der Waals surface area contributed by atoms with Crippen molar-refractivity contribution >= 4 is 11.9 Å². The highest BCUT2D eigenvalue weighted by atomic mass is 16.5. The van der Waals surface area contributed by atoms with Crippen molar-refractivity contribution in [2.75, 3.05) is 34.4 Å². The van der Waals surface area contributed by atoms with Crippen molar-refractivity contribution in [1.82, 2.24) is 19.8 Å². The van der Waals surface area contributed by atoms with Gasteiger partial charge in [-0.3, -0.25) is 4.99 Å². The molecule has 0 amide bonds. The maximum absolute atomic E-state index is 11.8. The minimum absolute atomic E-state index is 0.365. The number of hydrogen-bond donors (Lipinski definition) is 1. The van der Waals surface area contributed by atoms with E-state index in [1.54, 1.807) is 20.2 Å². The maximum Gasteiger partial charge on any atom is 0.341 e. The van der Waals surface area contributed by atoms with Crippen LogP contribution in [0.3, 0.4) is 0 Å². The lowest BCUT2D eigenvalue weighted by Crippen LogP contribution is -2.48. The molecule has 2 atom stereocenters. The molecule has 8 heteroatoms. The summed E-state index contributed by atoms with van der Waals surface area (Å²) in [5.74, 6) is 1.52. The van der Waals surface area contributed by atoms with Gasteiger partial charge in [0.15, 0.2) is 5.96 Å². The SMILES string of the molecule is CN=C(NCc1ccc(C(=O)OC)c(OC)c1)N1CCC(C)C(n2ccnc2)C1. The third-order valence-corrected chi connectivity index (χ3v) is 5.46. The van der Waals surface area contributed by atoms with E-state index in [2.05, 4.69) is 31.7 Å². The number of aromatic nitrogens is 2. The Morgan fingerprint density at radius 3 is 2.86 bits per heavy atom. The molecular weight excluding hydrogens is 370 g/mol. The molecule has 2 unspecified atom stereocenters. The summed E-state index contributed by atoms with van der Waals surface area (Å²) in [5, 5.41) is 3.43. The van der Waals surface area contributed by atoms with Crippen LogP contribution in [0.25, 0.3) is 0 Å². The quantitative estimate of drug-likeness (QED) is 0.472. The molecule has 0 bridgehead atoms. The largest absolute Gasteiger partial charge is 0.496 e. The average Bonchev–Trinajstić information content (AvgIpc) is 3.29. The second kappa shape index (κ2) is 9.45. The van der Waals surface area contributed by atoms with E-state index in [1.807, 2.05) is 30.9 Å². The van der Waals surface area contributed by atoms with Gasteiger partial charge in [0.05, 0.1) is 26.6 Å². The number of guanidine groups is 1. The molecule has 156 valence electrons. The van der Waals surface area contributed by atoms with Crippen LogP contribution in [0.1, 0.15) is 35.3 Å². The molecule has 1 aromatic carbocycles. The Balaban J connectivity index is 1.67. The zero-order valence-electron chi connectivity index (χ0n) is 17.5. The summed E-state index contributed by atoms with van der Waals surface area (Å²) in [7, 11) is 4.70. The minimum Gasteiger partial charge on any atom is -0.496 e. The molecule has 1 fully saturated rings. The summed E-state index contributed by atoms with van der Waals surface area (Å²) in [4.78, 5) is 22.8. The second-order valence-electron chi connectivity index (χ2n) is 7.22. The van der Waals surface area contributed by atoms with Crippen molar-refractivity contribution in [3.05, 3.63) is 48.0 Å². The number of nitrogens with zero attached hydrogens (tertiary/aromatic N) is 4. The van der Waals surface area contributed by atoms with E-state index in [-0.39, 0.29) is 0 Å². The first-order valence-electron chi connectivity index (χ1n) is 9.75. The lowest BCUT2D eigenvalue weighted by atomic mass is 9.93. The number of carbonyl (C=O) groups is 1. The number of nitrogens with one attached hydrogen (secondary N) is 1. The van der Waals surface area contributed by atoms with E-state index in [0.717, 1.165) is 31.0 Å². The fourth-order valence-electron chi connectivity index (χ4n) is 3.73. The van der Waals surface area contributed by atoms with E-state index in [0.29, 0.717) is 29.8 Å². The third-order valence-electron chi connectivity index (χ3n) is 5.46. The molecule has 2 aromatic rings. The standard InChI is InChI=1S/C21H29N5O3/c1-15-7-9-25(13-18(15)26-10-8-23-14-26)21(22-2)24-12-16-5-6-17(20(27)29-4)19(11-16)28-3/h5-6,8,10-11,14-15,18H,7,9,12-13H2,1-4H3,(H,22,24). The summed E-state index contributed by atoms with van der Waals surface area (Å²) in [5.41, 5.74) is 1.41. The van der Waals surface area contributed by atoms with Gasteiger partial charge in [-0.15, -0.1) is 0 Å². The number of ether oxygens (including phenoxy) is 2. The van der Waals surface area contributed by atoms with Gasteiger partial charge in [0.25, 0.3) is 0 Å². The van der Waals surface area contributed by atoms with Crippen LogP contribution in [0, 0.1) is 5.92 Å². The Kier molecular flexibility index (Phi) is 6.74. The summed E-state index contributed by atoms with van der Waals surface area (Å²) in [6.07, 6.45) is 6.82. The van der Waals surface area contributed by atoms with Crippen LogP contribution in [0.4, 0.5) is 0 Å². The number of hydrogen-bond acceptors (Lipinski definition) is 5. The molecule has 0 aliphatic carbocycles. The minimum atomic E-state index is -0.412. The average molecular weight is 399 g/mol. The lowest BCUT2D eigenvalue weighted by Gasteiger charge is -2.39. The van der Waals surface area contributed by atoms with Crippen molar-refractivity contribution in [2.45, 2.75) is 25.9 Å². The Hall–Kier alpha value is -3.03. The maximum atomic E-state index is 11.8. The molecule has 0 spiro atoms. The normalized spacial score (nSPS) is 19.7. The molecule has 3 rings (SSSR count). The van der Waals surface area contributed by atoms with Crippen molar-refractivity contribution in [3.8, 4) is 5.75 Å². The van der Waals surface area contributed by atoms with E-state index in [4.69, 9.17) is 9.47 Å². The highest BCUT2D eigenvalue weighted by Gasteiger charge is 2.28. The molecule has 8 nitrogen and oxygen atoms in total. The van der Waals surface area contributed by atoms with Gasteiger partial charge in [-0.2, -0.15) is 0 Å². The highest BCUT2D eigenvalue weighted by molar-refractivity contribution is 5.92. The van der Waals surface area contributed by atoms with Gasteiger partial charge in [-0.1, -0.05) is 13.0 Å². The van der Waals surface area contributed by atoms with Crippen molar-refractivity contribution in [1.29, 1.82) is 0 Å². The van der Waals surface area contributed by atoms with Gasteiger partial charge in [0.1, 0.15) is 11.3 Å². The number of esters is 1.